The van der Waals surface area contributed by atoms with Gasteiger partial charge in [-0.1, -0.05) is 0 Å². The molecule has 1 aromatic heterocycles. The number of piperazine rings is 1. The summed E-state index contributed by atoms with van der Waals surface area (Å²) >= 11 is 0. The fourth-order valence-corrected chi connectivity index (χ4v) is 5.01. The Kier molecular flexibility index (Phi) is 5.95. The molecule has 2 heterocycles. The van der Waals surface area contributed by atoms with Crippen LogP contribution < -0.4 is 25.6 Å². The molecule has 0 unspecified atom stereocenters. The summed E-state index contributed by atoms with van der Waals surface area (Å²) in [5.41, 5.74) is 0.199. The topological polar surface area (TPSA) is 103 Å². The van der Waals surface area contributed by atoms with E-state index in [1.165, 1.54) is 42.3 Å². The van der Waals surface area contributed by atoms with Gasteiger partial charge in [0.15, 0.2) is 11.5 Å². The normalized spacial score (nSPS) is 15.3. The summed E-state index contributed by atoms with van der Waals surface area (Å²) in [6.45, 7) is 2.80. The Labute approximate surface area is 174 Å². The second kappa shape index (κ2) is 8.15. The number of benzene rings is 1. The van der Waals surface area contributed by atoms with Gasteiger partial charge in [0, 0.05) is 52.0 Å². The quantitative estimate of drug-likeness (QED) is 0.643. The molecule has 2 aromatic rings. The minimum atomic E-state index is -3.74. The zero-order chi connectivity index (χ0) is 22.2. The number of hydrogen-bond donors (Lipinski definition) is 0. The molecule has 3 rings (SSSR count). The smallest absolute Gasteiger partial charge is 0.330 e. The molecule has 1 aromatic carbocycles. The molecule has 164 valence electrons. The third-order valence-electron chi connectivity index (χ3n) is 5.47. The average molecular weight is 439 g/mol. The van der Waals surface area contributed by atoms with Crippen molar-refractivity contribution in [3.8, 4) is 11.5 Å². The Hall–Kier alpha value is -2.79. The number of aromatic nitrogens is 2. The number of rotatable bonds is 5. The number of sulfonamides is 1. The minimum absolute atomic E-state index is 0.114. The summed E-state index contributed by atoms with van der Waals surface area (Å²) in [6.07, 6.45) is 0. The highest BCUT2D eigenvalue weighted by Gasteiger charge is 2.31. The zero-order valence-corrected chi connectivity index (χ0v) is 18.5. The fourth-order valence-electron chi connectivity index (χ4n) is 3.57. The van der Waals surface area contributed by atoms with Crippen LogP contribution in [0.4, 0.5) is 5.69 Å². The van der Waals surface area contributed by atoms with Gasteiger partial charge in [0.05, 0.1) is 19.1 Å². The van der Waals surface area contributed by atoms with Gasteiger partial charge >= 0.3 is 5.69 Å². The predicted molar refractivity (Wildman–Crippen MR) is 112 cm³/mol. The van der Waals surface area contributed by atoms with Crippen molar-refractivity contribution in [3.05, 3.63) is 44.7 Å². The molecule has 0 aliphatic carbocycles. The van der Waals surface area contributed by atoms with E-state index in [0.29, 0.717) is 36.0 Å². The molecule has 1 aliphatic heterocycles. The van der Waals surface area contributed by atoms with Crippen LogP contribution in [0.1, 0.15) is 5.69 Å². The van der Waals surface area contributed by atoms with Crippen molar-refractivity contribution in [2.75, 3.05) is 45.3 Å². The Balaban J connectivity index is 1.86. The van der Waals surface area contributed by atoms with Gasteiger partial charge in [-0.05, 0) is 19.1 Å². The van der Waals surface area contributed by atoms with Crippen LogP contribution in [0, 0.1) is 6.92 Å². The summed E-state index contributed by atoms with van der Waals surface area (Å²) in [7, 11) is 2.24. The van der Waals surface area contributed by atoms with Crippen molar-refractivity contribution >= 4 is 15.7 Å². The van der Waals surface area contributed by atoms with E-state index < -0.39 is 15.7 Å². The first kappa shape index (κ1) is 21.9. The predicted octanol–water partition coefficient (Wildman–Crippen LogP) is -0.0795. The van der Waals surface area contributed by atoms with Crippen LogP contribution in [0.2, 0.25) is 0 Å². The summed E-state index contributed by atoms with van der Waals surface area (Å²) in [5, 5.41) is 0. The lowest BCUT2D eigenvalue weighted by Crippen LogP contribution is -2.51. The molecule has 0 radical (unpaired) electrons. The zero-order valence-electron chi connectivity index (χ0n) is 17.7. The highest BCUT2D eigenvalue weighted by molar-refractivity contribution is 7.89. The van der Waals surface area contributed by atoms with Gasteiger partial charge in [0.2, 0.25) is 10.0 Å². The SMILES string of the molecule is COc1ccc(S(=O)(=O)N2CCN(c3c(C)n(C)c(=O)n(C)c3=O)CC2)cc1OC. The molecule has 11 heteroatoms. The van der Waals surface area contributed by atoms with Gasteiger partial charge in [0.25, 0.3) is 5.56 Å². The van der Waals surface area contributed by atoms with Crippen molar-refractivity contribution in [1.29, 1.82) is 0 Å². The summed E-state index contributed by atoms with van der Waals surface area (Å²) in [5.74, 6) is 0.781. The first-order valence-electron chi connectivity index (χ1n) is 9.37. The van der Waals surface area contributed by atoms with Gasteiger partial charge in [-0.3, -0.25) is 13.9 Å². The van der Waals surface area contributed by atoms with Gasteiger partial charge < -0.3 is 14.4 Å². The maximum atomic E-state index is 13.1. The van der Waals surface area contributed by atoms with E-state index in [9.17, 15) is 18.0 Å². The first-order chi connectivity index (χ1) is 14.1. The van der Waals surface area contributed by atoms with E-state index in [2.05, 4.69) is 0 Å². The Bertz CT molecular complexity index is 1180. The third kappa shape index (κ3) is 3.58. The lowest BCUT2D eigenvalue weighted by Gasteiger charge is -2.35. The standard InChI is InChI=1S/C19H26N4O6S/c1-13-17(18(24)21(3)19(25)20(13)2)22-8-10-23(11-9-22)30(26,27)14-6-7-15(28-4)16(12-14)29-5/h6-7,12H,8-11H2,1-5H3. The first-order valence-corrected chi connectivity index (χ1v) is 10.8. The van der Waals surface area contributed by atoms with Gasteiger partial charge in [0.1, 0.15) is 5.69 Å². The molecule has 30 heavy (non-hydrogen) atoms. The number of ether oxygens (including phenoxy) is 2. The third-order valence-corrected chi connectivity index (χ3v) is 7.37. The largest absolute Gasteiger partial charge is 0.493 e. The van der Waals surface area contributed by atoms with Gasteiger partial charge in [-0.15, -0.1) is 0 Å². The molecular weight excluding hydrogens is 412 g/mol. The van der Waals surface area contributed by atoms with Crippen molar-refractivity contribution in [1.82, 2.24) is 13.4 Å². The van der Waals surface area contributed by atoms with Crippen molar-refractivity contribution in [3.63, 3.8) is 0 Å². The van der Waals surface area contributed by atoms with Crippen molar-refractivity contribution in [2.45, 2.75) is 11.8 Å². The lowest BCUT2D eigenvalue weighted by molar-refractivity contribution is 0.353. The molecule has 1 aliphatic rings. The minimum Gasteiger partial charge on any atom is -0.493 e. The molecule has 0 atom stereocenters. The lowest BCUT2D eigenvalue weighted by atomic mass is 10.2. The molecule has 0 amide bonds. The molecular formula is C19H26N4O6S. The van der Waals surface area contributed by atoms with Crippen LogP contribution in [-0.4, -0.2) is 62.3 Å². The highest BCUT2D eigenvalue weighted by Crippen LogP contribution is 2.31. The van der Waals surface area contributed by atoms with Gasteiger partial charge in [-0.25, -0.2) is 13.2 Å². The van der Waals surface area contributed by atoms with Crippen molar-refractivity contribution in [2.24, 2.45) is 14.1 Å². The number of nitrogens with zero attached hydrogens (tertiary/aromatic N) is 4. The number of hydrogen-bond acceptors (Lipinski definition) is 7. The summed E-state index contributed by atoms with van der Waals surface area (Å²) in [4.78, 5) is 26.7. The molecule has 1 fully saturated rings. The van der Waals surface area contributed by atoms with Crippen LogP contribution >= 0.6 is 0 Å². The van der Waals surface area contributed by atoms with Crippen LogP contribution in [0.25, 0.3) is 0 Å². The summed E-state index contributed by atoms with van der Waals surface area (Å²) in [6, 6.07) is 4.48. The molecule has 0 spiro atoms. The van der Waals surface area contributed by atoms with E-state index in [1.54, 1.807) is 20.0 Å². The number of methoxy groups -OCH3 is 2. The van der Waals surface area contributed by atoms with Crippen LogP contribution in [0.5, 0.6) is 11.5 Å². The fraction of sp³-hybridized carbons (Fsp3) is 0.474. The van der Waals surface area contributed by atoms with E-state index in [0.717, 1.165) is 4.57 Å². The second-order valence-electron chi connectivity index (χ2n) is 7.05. The molecule has 10 nitrogen and oxygen atoms in total. The monoisotopic (exact) mass is 438 g/mol. The molecule has 0 bridgehead atoms. The van der Waals surface area contributed by atoms with E-state index in [4.69, 9.17) is 9.47 Å². The number of anilines is 1. The van der Waals surface area contributed by atoms with E-state index >= 15 is 0 Å². The van der Waals surface area contributed by atoms with E-state index in [-0.39, 0.29) is 23.5 Å². The van der Waals surface area contributed by atoms with Crippen LogP contribution in [0.15, 0.2) is 32.7 Å². The molecule has 1 saturated heterocycles. The van der Waals surface area contributed by atoms with Gasteiger partial charge in [-0.2, -0.15) is 4.31 Å². The Morgan fingerprint density at radius 2 is 1.50 bits per heavy atom. The molecule has 0 N–H and O–H groups in total. The van der Waals surface area contributed by atoms with Crippen LogP contribution in [-0.2, 0) is 24.1 Å². The van der Waals surface area contributed by atoms with Crippen molar-refractivity contribution < 1.29 is 17.9 Å². The maximum absolute atomic E-state index is 13.1. The van der Waals surface area contributed by atoms with Crippen LogP contribution in [0.3, 0.4) is 0 Å². The van der Waals surface area contributed by atoms with E-state index in [1.807, 2.05) is 4.90 Å². The highest BCUT2D eigenvalue weighted by atomic mass is 32.2. The molecule has 0 saturated carbocycles. The Morgan fingerprint density at radius 1 is 0.900 bits per heavy atom. The maximum Gasteiger partial charge on any atom is 0.330 e. The second-order valence-corrected chi connectivity index (χ2v) is 8.99. The average Bonchev–Trinajstić information content (AvgIpc) is 2.76. The Morgan fingerprint density at radius 3 is 2.07 bits per heavy atom. The summed E-state index contributed by atoms with van der Waals surface area (Å²) < 4.78 is 40.4.